The third-order valence-electron chi connectivity index (χ3n) is 3.19. The number of halogens is 2. The average Bonchev–Trinajstić information content (AvgIpc) is 2.83. The van der Waals surface area contributed by atoms with Gasteiger partial charge in [-0.05, 0) is 36.4 Å². The Balaban J connectivity index is 1.79. The molecular formula is C16H12F2N2O. The van der Waals surface area contributed by atoms with Gasteiger partial charge in [0.1, 0.15) is 18.2 Å². The first-order valence-corrected chi connectivity index (χ1v) is 6.42. The molecule has 0 unspecified atom stereocenters. The zero-order valence-electron chi connectivity index (χ0n) is 11.0. The lowest BCUT2D eigenvalue weighted by Gasteiger charge is -2.08. The lowest BCUT2D eigenvalue weighted by molar-refractivity contribution is -0.116. The first kappa shape index (κ1) is 13.3. The molecule has 0 atom stereocenters. The fourth-order valence-electron chi connectivity index (χ4n) is 2.22. The second-order valence-corrected chi connectivity index (χ2v) is 4.67. The molecule has 5 heteroatoms. The van der Waals surface area contributed by atoms with Gasteiger partial charge >= 0.3 is 0 Å². The molecule has 0 bridgehead atoms. The SMILES string of the molecule is O=C(Cn1ccc2cc(F)ccc21)Nc1ccccc1F. The highest BCUT2D eigenvalue weighted by molar-refractivity contribution is 5.92. The molecule has 0 saturated heterocycles. The highest BCUT2D eigenvalue weighted by atomic mass is 19.1. The Morgan fingerprint density at radius 1 is 1.10 bits per heavy atom. The maximum atomic E-state index is 13.5. The van der Waals surface area contributed by atoms with E-state index in [-0.39, 0.29) is 24.0 Å². The van der Waals surface area contributed by atoms with Crippen LogP contribution in [0.5, 0.6) is 0 Å². The van der Waals surface area contributed by atoms with E-state index < -0.39 is 5.82 Å². The van der Waals surface area contributed by atoms with Crippen LogP contribution in [-0.4, -0.2) is 10.5 Å². The maximum Gasteiger partial charge on any atom is 0.244 e. The number of nitrogens with zero attached hydrogens (tertiary/aromatic N) is 1. The monoisotopic (exact) mass is 286 g/mol. The number of nitrogens with one attached hydrogen (secondary N) is 1. The molecule has 1 heterocycles. The first-order valence-electron chi connectivity index (χ1n) is 6.42. The number of amides is 1. The number of carbonyl (C=O) groups excluding carboxylic acids is 1. The van der Waals surface area contributed by atoms with Gasteiger partial charge in [0, 0.05) is 17.1 Å². The Kier molecular flexibility index (Phi) is 3.39. The van der Waals surface area contributed by atoms with Crippen molar-refractivity contribution in [1.82, 2.24) is 4.57 Å². The Hall–Kier alpha value is -2.69. The zero-order valence-corrected chi connectivity index (χ0v) is 11.0. The lowest BCUT2D eigenvalue weighted by atomic mass is 10.2. The quantitative estimate of drug-likeness (QED) is 0.785. The van der Waals surface area contributed by atoms with Gasteiger partial charge in [-0.3, -0.25) is 4.79 Å². The second kappa shape index (κ2) is 5.36. The molecule has 0 spiro atoms. The summed E-state index contributed by atoms with van der Waals surface area (Å²) in [6.45, 7) is 0.0312. The summed E-state index contributed by atoms with van der Waals surface area (Å²) in [4.78, 5) is 12.0. The molecule has 2 aromatic carbocycles. The molecule has 1 amide bonds. The first-order chi connectivity index (χ1) is 10.1. The number of rotatable bonds is 3. The fourth-order valence-corrected chi connectivity index (χ4v) is 2.22. The maximum absolute atomic E-state index is 13.5. The summed E-state index contributed by atoms with van der Waals surface area (Å²) in [5.74, 6) is -1.15. The average molecular weight is 286 g/mol. The van der Waals surface area contributed by atoms with Crippen LogP contribution < -0.4 is 5.32 Å². The van der Waals surface area contributed by atoms with Gasteiger partial charge in [0.15, 0.2) is 0 Å². The van der Waals surface area contributed by atoms with Crippen molar-refractivity contribution in [3.63, 3.8) is 0 Å². The van der Waals surface area contributed by atoms with E-state index in [1.54, 1.807) is 35.0 Å². The molecule has 3 aromatic rings. The van der Waals surface area contributed by atoms with Crippen LogP contribution >= 0.6 is 0 Å². The molecule has 21 heavy (non-hydrogen) atoms. The van der Waals surface area contributed by atoms with Gasteiger partial charge in [-0.15, -0.1) is 0 Å². The van der Waals surface area contributed by atoms with Crippen molar-refractivity contribution >= 4 is 22.5 Å². The van der Waals surface area contributed by atoms with Crippen LogP contribution in [0.25, 0.3) is 10.9 Å². The summed E-state index contributed by atoms with van der Waals surface area (Å²) in [6, 6.07) is 12.1. The Morgan fingerprint density at radius 2 is 1.90 bits per heavy atom. The summed E-state index contributed by atoms with van der Waals surface area (Å²) in [5.41, 5.74) is 0.894. The van der Waals surface area contributed by atoms with Gasteiger partial charge in [0.2, 0.25) is 5.91 Å². The largest absolute Gasteiger partial charge is 0.338 e. The topological polar surface area (TPSA) is 34.0 Å². The molecule has 0 fully saturated rings. The molecule has 0 saturated carbocycles. The third kappa shape index (κ3) is 2.76. The van der Waals surface area contributed by atoms with Crippen molar-refractivity contribution in [2.75, 3.05) is 5.32 Å². The van der Waals surface area contributed by atoms with Crippen LogP contribution in [0, 0.1) is 11.6 Å². The van der Waals surface area contributed by atoms with E-state index in [4.69, 9.17) is 0 Å². The van der Waals surface area contributed by atoms with E-state index in [1.807, 2.05) is 0 Å². The predicted octanol–water partition coefficient (Wildman–Crippen LogP) is 3.56. The van der Waals surface area contributed by atoms with Gasteiger partial charge in [-0.25, -0.2) is 8.78 Å². The highest BCUT2D eigenvalue weighted by Crippen LogP contribution is 2.18. The van der Waals surface area contributed by atoms with Crippen LogP contribution in [0.3, 0.4) is 0 Å². The molecule has 1 aromatic heterocycles. The van der Waals surface area contributed by atoms with Crippen LogP contribution in [0.1, 0.15) is 0 Å². The molecule has 106 valence electrons. The number of fused-ring (bicyclic) bond motifs is 1. The van der Waals surface area contributed by atoms with Gasteiger partial charge < -0.3 is 9.88 Å². The molecule has 3 nitrogen and oxygen atoms in total. The van der Waals surface area contributed by atoms with Gasteiger partial charge in [-0.1, -0.05) is 12.1 Å². The molecule has 1 N–H and O–H groups in total. The van der Waals surface area contributed by atoms with Crippen molar-refractivity contribution < 1.29 is 13.6 Å². The molecule has 0 aliphatic heterocycles. The molecule has 3 rings (SSSR count). The van der Waals surface area contributed by atoms with Crippen LogP contribution in [-0.2, 0) is 11.3 Å². The van der Waals surface area contributed by atoms with E-state index in [0.717, 1.165) is 5.52 Å². The lowest BCUT2D eigenvalue weighted by Crippen LogP contribution is -2.18. The number of carbonyl (C=O) groups is 1. The third-order valence-corrected chi connectivity index (χ3v) is 3.19. The standard InChI is InChI=1S/C16H12F2N2O/c17-12-5-6-15-11(9-12)7-8-20(15)10-16(21)19-14-4-2-1-3-13(14)18/h1-9H,10H2,(H,19,21). The number of anilines is 1. The summed E-state index contributed by atoms with van der Waals surface area (Å²) >= 11 is 0. The number of aromatic nitrogens is 1. The Bertz CT molecular complexity index is 811. The van der Waals surface area contributed by atoms with E-state index in [9.17, 15) is 13.6 Å². The van der Waals surface area contributed by atoms with Crippen LogP contribution in [0.15, 0.2) is 54.7 Å². The molecule has 0 aliphatic rings. The van der Waals surface area contributed by atoms with Crippen LogP contribution in [0.4, 0.5) is 14.5 Å². The number of hydrogen-bond acceptors (Lipinski definition) is 1. The van der Waals surface area contributed by atoms with Gasteiger partial charge in [0.25, 0.3) is 0 Å². The van der Waals surface area contributed by atoms with E-state index in [0.29, 0.717) is 5.39 Å². The van der Waals surface area contributed by atoms with Gasteiger partial charge in [0.05, 0.1) is 5.69 Å². The van der Waals surface area contributed by atoms with E-state index in [1.165, 1.54) is 24.3 Å². The minimum Gasteiger partial charge on any atom is -0.338 e. The van der Waals surface area contributed by atoms with Crippen molar-refractivity contribution in [3.8, 4) is 0 Å². The number of benzene rings is 2. The Morgan fingerprint density at radius 3 is 2.71 bits per heavy atom. The minimum atomic E-state index is -0.481. The normalized spacial score (nSPS) is 10.8. The smallest absolute Gasteiger partial charge is 0.244 e. The van der Waals surface area contributed by atoms with Crippen molar-refractivity contribution in [2.24, 2.45) is 0 Å². The summed E-state index contributed by atoms with van der Waals surface area (Å²) in [7, 11) is 0. The van der Waals surface area contributed by atoms with Crippen molar-refractivity contribution in [3.05, 3.63) is 66.4 Å². The van der Waals surface area contributed by atoms with Gasteiger partial charge in [-0.2, -0.15) is 0 Å². The number of hydrogen-bond donors (Lipinski definition) is 1. The molecule has 0 radical (unpaired) electrons. The molecular weight excluding hydrogens is 274 g/mol. The van der Waals surface area contributed by atoms with E-state index in [2.05, 4.69) is 5.32 Å². The van der Waals surface area contributed by atoms with Crippen molar-refractivity contribution in [2.45, 2.75) is 6.54 Å². The zero-order chi connectivity index (χ0) is 14.8. The predicted molar refractivity (Wildman–Crippen MR) is 76.9 cm³/mol. The minimum absolute atomic E-state index is 0.0312. The Labute approximate surface area is 119 Å². The number of para-hydroxylation sites is 1. The second-order valence-electron chi connectivity index (χ2n) is 4.67. The summed E-state index contributed by atoms with van der Waals surface area (Å²) in [5, 5.41) is 3.23. The summed E-state index contributed by atoms with van der Waals surface area (Å²) < 4.78 is 28.3. The molecule has 0 aliphatic carbocycles. The highest BCUT2D eigenvalue weighted by Gasteiger charge is 2.09. The van der Waals surface area contributed by atoms with Crippen LogP contribution in [0.2, 0.25) is 0 Å². The van der Waals surface area contributed by atoms with Crippen molar-refractivity contribution in [1.29, 1.82) is 0 Å². The summed E-state index contributed by atoms with van der Waals surface area (Å²) in [6.07, 6.45) is 1.70. The van der Waals surface area contributed by atoms with E-state index >= 15 is 0 Å². The fraction of sp³-hybridized carbons (Fsp3) is 0.0625.